The van der Waals surface area contributed by atoms with E-state index in [1.54, 1.807) is 25.6 Å². The van der Waals surface area contributed by atoms with Gasteiger partial charge in [-0.05, 0) is 36.7 Å². The van der Waals surface area contributed by atoms with Crippen molar-refractivity contribution in [2.24, 2.45) is 5.92 Å². The highest BCUT2D eigenvalue weighted by Gasteiger charge is 2.33. The highest BCUT2D eigenvalue weighted by atomic mass is 32.2. The number of aryl methyl sites for hydroxylation is 1. The number of nitrogens with one attached hydrogen (secondary N) is 8. The van der Waals surface area contributed by atoms with Crippen molar-refractivity contribution in [1.29, 1.82) is 0 Å². The zero-order chi connectivity index (χ0) is 88.1. The summed E-state index contributed by atoms with van der Waals surface area (Å²) >= 11 is 3.16. The van der Waals surface area contributed by atoms with Crippen LogP contribution in [-0.4, -0.2) is 121 Å². The fraction of sp³-hybridized carbons (Fsp3) is 0.558. The summed E-state index contributed by atoms with van der Waals surface area (Å²) in [6.45, 7) is 59.9. The Hall–Kier alpha value is -10.6. The summed E-state index contributed by atoms with van der Waals surface area (Å²) in [6, 6.07) is 5.00. The van der Waals surface area contributed by atoms with Gasteiger partial charge in [-0.2, -0.15) is 34.3 Å². The Labute approximate surface area is 682 Å². The summed E-state index contributed by atoms with van der Waals surface area (Å²) in [5.41, 5.74) is 1.94. The van der Waals surface area contributed by atoms with Crippen LogP contribution in [0.2, 0.25) is 0 Å². The smallest absolute Gasteiger partial charge is 0.323 e. The van der Waals surface area contributed by atoms with Crippen LogP contribution in [0.5, 0.6) is 11.5 Å². The number of hydrogen-bond acceptors (Lipinski definition) is 30. The predicted octanol–water partition coefficient (Wildman–Crippen LogP) is 14.8. The zero-order valence-corrected chi connectivity index (χ0v) is 74.3. The third-order valence-electron chi connectivity index (χ3n) is 14.6. The molecule has 1 aliphatic heterocycles. The van der Waals surface area contributed by atoms with Gasteiger partial charge in [0.05, 0.1) is 23.3 Å². The minimum absolute atomic E-state index is 0.0174. The number of H-pyrrole nitrogens is 7. The second kappa shape index (κ2) is 48.6. The molecule has 11 aromatic rings. The van der Waals surface area contributed by atoms with E-state index in [4.69, 9.17) is 32.5 Å². The number of tetrazole rings is 1. The minimum atomic E-state index is -0.389. The standard InChI is InChI=1S/C8H11NO.2C8H10O3.C7H11NO2.C7H11NO.2C6H11N3.C6H10N2OS.C6H10N2O.C6H9NO2S.C5H8N2OS.C4H8N4/c1-6(2)7-4-3-5-9-8(7)10;1-5(2)8-3-6(9)7(10)4-11-8;1-5(2)6-3-11-4-7(9)8(6)10;1-4(2)6-5(3)10-8-7(6)9;1-7(2,3)6-8-4-5-9-6;2*1-6(2,3)5-7-4-8-9-5;1-6(2,3)4-5(9)8-10-7-4;1-6(2,3)5-7-4-8-9-5;1-3(2)4-5(8)7-6(9)10-4;1-3(2)4-6-5(8)9-7-4;1-3(2)4-5-7-8-6-4/h3-6H,1-2H3,(H,9,10);3-5,10H,1-2H3;3-5,9H,1-2H3;4H,1-3H3,(H,8,9);4-5H,1-3H3;2*4H,1-3H3,(H,7,8,9);1-3H3,(H,8,9);4H,1-3H3;3-4H,1-2H3,(H,7,8,9);3H,1-2H3,(H,6,7,8);3H,1-2H3,(H,5,6,7,8). The second-order valence-corrected chi connectivity index (χ2v) is 35.2. The van der Waals surface area contributed by atoms with Gasteiger partial charge in [-0.15, -0.1) is 10.2 Å². The van der Waals surface area contributed by atoms with Gasteiger partial charge in [0.2, 0.25) is 22.7 Å². The monoisotopic (exact) mass is 1660 g/mol. The third-order valence-corrected chi connectivity index (χ3v) is 17.0. The number of aromatic nitrogens is 19. The van der Waals surface area contributed by atoms with E-state index in [1.807, 2.05) is 151 Å². The van der Waals surface area contributed by atoms with E-state index in [-0.39, 0.29) is 111 Å². The van der Waals surface area contributed by atoms with Crippen LogP contribution in [0.3, 0.4) is 0 Å². The lowest BCUT2D eigenvalue weighted by Crippen LogP contribution is -2.27. The van der Waals surface area contributed by atoms with Gasteiger partial charge >= 0.3 is 4.87 Å². The number of imide groups is 1. The summed E-state index contributed by atoms with van der Waals surface area (Å²) in [4.78, 5) is 108. The van der Waals surface area contributed by atoms with Crippen LogP contribution in [0.4, 0.5) is 4.79 Å². The van der Waals surface area contributed by atoms with Gasteiger partial charge in [-0.3, -0.25) is 63.2 Å². The molecule has 1 unspecified atom stereocenters. The summed E-state index contributed by atoms with van der Waals surface area (Å²) < 4.78 is 34.8. The van der Waals surface area contributed by atoms with Crippen LogP contribution in [0.15, 0.2) is 126 Å². The van der Waals surface area contributed by atoms with E-state index < -0.39 is 0 Å². The molecular formula is C77H120N20O15S3. The summed E-state index contributed by atoms with van der Waals surface area (Å²) in [5.74, 6) is 7.09. The van der Waals surface area contributed by atoms with Gasteiger partial charge in [-0.1, -0.05) is 229 Å². The average Bonchev–Trinajstić information content (AvgIpc) is 1.83. The van der Waals surface area contributed by atoms with Gasteiger partial charge < -0.3 is 37.5 Å². The molecule has 38 heteroatoms. The molecule has 0 aromatic carbocycles. The molecule has 636 valence electrons. The molecule has 10 N–H and O–H groups in total. The summed E-state index contributed by atoms with van der Waals surface area (Å²) in [5, 5.41) is 51.9. The quantitative estimate of drug-likeness (QED) is 0.0708. The molecule has 11 aromatic heterocycles. The molecule has 0 radical (unpaired) electrons. The van der Waals surface area contributed by atoms with Crippen LogP contribution in [0, 0.1) is 12.8 Å². The molecule has 0 spiro atoms. The summed E-state index contributed by atoms with van der Waals surface area (Å²) in [6.07, 6.45) is 12.9. The lowest BCUT2D eigenvalue weighted by Gasteiger charge is -2.12. The molecule has 1 saturated heterocycles. The molecule has 0 bridgehead atoms. The van der Waals surface area contributed by atoms with E-state index in [0.29, 0.717) is 46.4 Å². The molecule has 12 heterocycles. The van der Waals surface area contributed by atoms with Gasteiger partial charge in [-0.25, -0.2) is 15.0 Å². The SMILES string of the molecule is CC(C)(C)c1ncco1.CC(C)(C)c1ncn[nH]1.CC(C)(C)c1ncn[nH]1.CC(C)(C)c1ncno1.CC(C)(C)c1ns[nH]c1=O.CC(C)C1SC(=O)NC1=O.CC(C)c1cc(=O)c(O)co1.CC(C)c1ccc[nH]c1=O.CC(C)c1cocc(O)c1=O.CC(C)c1nn[nH]n1.CC(C)c1nsc(=O)[nH]1.Cc1o[nH]c(=O)c1C(C)C. The van der Waals surface area contributed by atoms with Gasteiger partial charge in [0.1, 0.15) is 66.1 Å². The van der Waals surface area contributed by atoms with Crippen molar-refractivity contribution >= 4 is 46.2 Å². The number of pyridine rings is 1. The van der Waals surface area contributed by atoms with Gasteiger partial charge in [0, 0.05) is 91.5 Å². The third kappa shape index (κ3) is 39.3. The normalized spacial score (nSPS) is 12.4. The number of amides is 2. The Kier molecular flexibility index (Phi) is 43.2. The van der Waals surface area contributed by atoms with Crippen LogP contribution in [0.1, 0.15) is 305 Å². The molecule has 12 rings (SSSR count). The van der Waals surface area contributed by atoms with Gasteiger partial charge in [0.15, 0.2) is 29.5 Å². The number of hydrogen-bond donors (Lipinski definition) is 10. The molecule has 1 atom stereocenters. The largest absolute Gasteiger partial charge is 0.502 e. The lowest BCUT2D eigenvalue weighted by molar-refractivity contribution is -0.119. The molecule has 115 heavy (non-hydrogen) atoms. The Bertz CT molecular complexity index is 4660. The van der Waals surface area contributed by atoms with Crippen LogP contribution in [0.25, 0.3) is 0 Å². The number of thioether (sulfide) groups is 1. The molecular weight excluding hydrogens is 1540 g/mol. The fourth-order valence-corrected chi connectivity index (χ4v) is 10.2. The first-order valence-electron chi connectivity index (χ1n) is 36.8. The highest BCUT2D eigenvalue weighted by molar-refractivity contribution is 8.15. The van der Waals surface area contributed by atoms with Crippen LogP contribution < -0.4 is 37.7 Å². The molecule has 35 nitrogen and oxygen atoms in total. The molecule has 0 saturated carbocycles. The van der Waals surface area contributed by atoms with Crippen molar-refractivity contribution in [3.8, 4) is 11.5 Å². The maximum atomic E-state index is 11.1. The summed E-state index contributed by atoms with van der Waals surface area (Å²) in [7, 11) is 0. The first-order chi connectivity index (χ1) is 53.1. The van der Waals surface area contributed by atoms with Crippen molar-refractivity contribution in [3.63, 3.8) is 0 Å². The highest BCUT2D eigenvalue weighted by Crippen LogP contribution is 2.26. The second-order valence-electron chi connectivity index (χ2n) is 32.7. The van der Waals surface area contributed by atoms with Crippen molar-refractivity contribution in [2.45, 2.75) is 276 Å². The van der Waals surface area contributed by atoms with E-state index >= 15 is 0 Å². The van der Waals surface area contributed by atoms with E-state index in [1.165, 1.54) is 31.3 Å². The first-order valence-corrected chi connectivity index (χ1v) is 39.3. The number of carbonyl (C=O) groups excluding carboxylic acids is 2. The molecule has 2 amide bonds. The molecule has 1 fully saturated rings. The maximum Gasteiger partial charge on any atom is 0.323 e. The van der Waals surface area contributed by atoms with Crippen molar-refractivity contribution in [3.05, 3.63) is 205 Å². The van der Waals surface area contributed by atoms with Crippen molar-refractivity contribution in [2.75, 3.05) is 0 Å². The lowest BCUT2D eigenvalue weighted by atomic mass is 9.93. The van der Waals surface area contributed by atoms with Crippen LogP contribution in [-0.2, 0) is 31.9 Å². The average molecular weight is 1660 g/mol. The first kappa shape index (κ1) is 102. The van der Waals surface area contributed by atoms with E-state index in [2.05, 4.69) is 162 Å². The van der Waals surface area contributed by atoms with Crippen molar-refractivity contribution < 1.29 is 42.1 Å². The number of oxazole rings is 1. The zero-order valence-electron chi connectivity index (χ0n) is 71.8. The number of rotatable bonds is 7. The Morgan fingerprint density at radius 2 is 1.16 bits per heavy atom. The number of carbonyl (C=O) groups is 2. The van der Waals surface area contributed by atoms with Crippen molar-refractivity contribution in [1.82, 2.24) is 99.7 Å². The number of aromatic amines is 7. The molecule has 1 aliphatic rings. The predicted molar refractivity (Wildman–Crippen MR) is 445 cm³/mol. The number of nitrogens with zero attached hydrogens (tertiary/aromatic N) is 12. The van der Waals surface area contributed by atoms with E-state index in [9.17, 15) is 38.4 Å². The van der Waals surface area contributed by atoms with E-state index in [0.717, 1.165) is 87.9 Å². The Morgan fingerprint density at radius 3 is 1.42 bits per heavy atom. The molecule has 0 aliphatic carbocycles. The minimum Gasteiger partial charge on any atom is -0.502 e. The fourth-order valence-electron chi connectivity index (χ4n) is 8.12. The maximum absolute atomic E-state index is 11.1. The van der Waals surface area contributed by atoms with Gasteiger partial charge in [0.25, 0.3) is 21.9 Å². The van der Waals surface area contributed by atoms with Crippen LogP contribution >= 0.6 is 35.0 Å². The Morgan fingerprint density at radius 1 is 0.574 bits per heavy atom. The number of aromatic hydroxyl groups is 2. The Balaban J connectivity index is 0.000000628. The topological polar surface area (TPSA) is 520 Å².